The van der Waals surface area contributed by atoms with Crippen LogP contribution >= 0.6 is 0 Å². The molecule has 20 heavy (non-hydrogen) atoms. The van der Waals surface area contributed by atoms with Crippen molar-refractivity contribution in [2.45, 2.75) is 25.8 Å². The number of aliphatic hydroxyl groups excluding tert-OH is 1. The van der Waals surface area contributed by atoms with Crippen LogP contribution < -0.4 is 11.3 Å². The number of nitrogens with zero attached hydrogens (tertiary/aromatic N) is 2. The van der Waals surface area contributed by atoms with E-state index in [1.807, 2.05) is 30.3 Å². The molecule has 0 radical (unpaired) electrons. The Morgan fingerprint density at radius 2 is 1.95 bits per heavy atom. The second kappa shape index (κ2) is 6.86. The molecule has 5 nitrogen and oxygen atoms in total. The van der Waals surface area contributed by atoms with Gasteiger partial charge in [-0.05, 0) is 18.4 Å². The smallest absolute Gasteiger partial charge is 0.255 e. The lowest BCUT2D eigenvalue weighted by Gasteiger charge is -2.10. The van der Waals surface area contributed by atoms with Crippen molar-refractivity contribution >= 4 is 5.95 Å². The minimum absolute atomic E-state index is 0.119. The Morgan fingerprint density at radius 3 is 2.60 bits per heavy atom. The molecule has 0 aliphatic heterocycles. The lowest BCUT2D eigenvalue weighted by atomic mass is 10.1. The number of hydrogen-bond donors (Lipinski definition) is 2. The predicted molar refractivity (Wildman–Crippen MR) is 78.5 cm³/mol. The maximum atomic E-state index is 12.0. The molecule has 0 aliphatic carbocycles. The first kappa shape index (κ1) is 14.3. The number of unbranched alkanes of at least 4 members (excludes halogenated alkanes) is 1. The zero-order chi connectivity index (χ0) is 14.4. The molecule has 1 aromatic carbocycles. The maximum absolute atomic E-state index is 12.0. The molecule has 0 atom stereocenters. The van der Waals surface area contributed by atoms with Crippen molar-refractivity contribution in [1.29, 1.82) is 0 Å². The fraction of sp³-hybridized carbons (Fsp3) is 0.333. The number of aliphatic hydroxyl groups is 1. The molecule has 1 heterocycles. The van der Waals surface area contributed by atoms with Crippen molar-refractivity contribution in [3.8, 4) is 0 Å². The fourth-order valence-electron chi connectivity index (χ4n) is 2.08. The molecular formula is C15H19N3O2. The number of anilines is 1. The monoisotopic (exact) mass is 273 g/mol. The topological polar surface area (TPSA) is 81.1 Å². The molecule has 106 valence electrons. The average Bonchev–Trinajstić information content (AvgIpc) is 2.43. The molecule has 0 spiro atoms. The largest absolute Gasteiger partial charge is 0.396 e. The van der Waals surface area contributed by atoms with Gasteiger partial charge in [0, 0.05) is 25.6 Å². The molecule has 3 N–H and O–H groups in total. The van der Waals surface area contributed by atoms with Crippen LogP contribution in [0.2, 0.25) is 0 Å². The van der Waals surface area contributed by atoms with Crippen LogP contribution in [0.4, 0.5) is 5.95 Å². The lowest BCUT2D eigenvalue weighted by molar-refractivity contribution is 0.281. The number of hydrogen-bond acceptors (Lipinski definition) is 4. The van der Waals surface area contributed by atoms with Crippen LogP contribution in [0, 0.1) is 0 Å². The van der Waals surface area contributed by atoms with E-state index in [1.54, 1.807) is 0 Å². The van der Waals surface area contributed by atoms with Crippen molar-refractivity contribution in [3.05, 3.63) is 58.0 Å². The minimum Gasteiger partial charge on any atom is -0.396 e. The molecule has 2 rings (SSSR count). The third-order valence-corrected chi connectivity index (χ3v) is 3.11. The van der Waals surface area contributed by atoms with Gasteiger partial charge in [0.05, 0.1) is 5.69 Å². The Bertz CT molecular complexity index is 608. The predicted octanol–water partition coefficient (Wildman–Crippen LogP) is 1.19. The van der Waals surface area contributed by atoms with Crippen LogP contribution in [0.15, 0.2) is 41.2 Å². The van der Waals surface area contributed by atoms with Crippen LogP contribution in [0.1, 0.15) is 24.1 Å². The van der Waals surface area contributed by atoms with Gasteiger partial charge in [-0.2, -0.15) is 0 Å². The Labute approximate surface area is 117 Å². The van der Waals surface area contributed by atoms with E-state index in [9.17, 15) is 4.79 Å². The van der Waals surface area contributed by atoms with Gasteiger partial charge in [-0.3, -0.25) is 9.36 Å². The molecule has 1 aromatic heterocycles. The lowest BCUT2D eigenvalue weighted by Crippen LogP contribution is -2.25. The van der Waals surface area contributed by atoms with Gasteiger partial charge in [0.2, 0.25) is 5.95 Å². The van der Waals surface area contributed by atoms with Gasteiger partial charge in [-0.25, -0.2) is 4.98 Å². The quantitative estimate of drug-likeness (QED) is 0.775. The van der Waals surface area contributed by atoms with Crippen molar-refractivity contribution in [2.24, 2.45) is 0 Å². The van der Waals surface area contributed by atoms with Gasteiger partial charge in [0.15, 0.2) is 0 Å². The van der Waals surface area contributed by atoms with E-state index in [0.717, 1.165) is 5.56 Å². The van der Waals surface area contributed by atoms with E-state index in [0.29, 0.717) is 31.5 Å². The highest BCUT2D eigenvalue weighted by Crippen LogP contribution is 2.07. The Kier molecular flexibility index (Phi) is 4.90. The molecule has 0 saturated carbocycles. The number of nitrogen functional groups attached to an aromatic ring is 1. The van der Waals surface area contributed by atoms with Gasteiger partial charge in [0.1, 0.15) is 0 Å². The second-order valence-corrected chi connectivity index (χ2v) is 4.69. The van der Waals surface area contributed by atoms with Crippen molar-refractivity contribution < 1.29 is 5.11 Å². The molecule has 0 aliphatic rings. The first-order valence-corrected chi connectivity index (χ1v) is 6.71. The summed E-state index contributed by atoms with van der Waals surface area (Å²) in [4.78, 5) is 16.3. The highest BCUT2D eigenvalue weighted by atomic mass is 16.2. The molecule has 0 saturated heterocycles. The van der Waals surface area contributed by atoms with E-state index < -0.39 is 0 Å². The third kappa shape index (κ3) is 3.68. The van der Waals surface area contributed by atoms with Gasteiger partial charge >= 0.3 is 0 Å². The summed E-state index contributed by atoms with van der Waals surface area (Å²) in [6.45, 7) is 0.609. The van der Waals surface area contributed by atoms with Crippen LogP contribution in [0.3, 0.4) is 0 Å². The molecular weight excluding hydrogens is 254 g/mol. The SMILES string of the molecule is Nc1nc(Cc2ccccc2)cc(=O)n1CCCCO. The van der Waals surface area contributed by atoms with Crippen LogP contribution in [0.25, 0.3) is 0 Å². The summed E-state index contributed by atoms with van der Waals surface area (Å²) in [7, 11) is 0. The van der Waals surface area contributed by atoms with E-state index in [4.69, 9.17) is 10.8 Å². The summed E-state index contributed by atoms with van der Waals surface area (Å²) < 4.78 is 1.45. The fourth-order valence-corrected chi connectivity index (χ4v) is 2.08. The summed E-state index contributed by atoms with van der Waals surface area (Å²) in [5, 5.41) is 8.76. The highest BCUT2D eigenvalue weighted by Gasteiger charge is 2.06. The van der Waals surface area contributed by atoms with Crippen molar-refractivity contribution in [3.63, 3.8) is 0 Å². The highest BCUT2D eigenvalue weighted by molar-refractivity contribution is 5.26. The van der Waals surface area contributed by atoms with E-state index in [2.05, 4.69) is 4.98 Å². The standard InChI is InChI=1S/C15H19N3O2/c16-15-17-13(10-12-6-2-1-3-7-12)11-14(20)18(15)8-4-5-9-19/h1-3,6-7,11,19H,4-5,8-10H2,(H2,16,17). The van der Waals surface area contributed by atoms with Gasteiger partial charge in [-0.15, -0.1) is 0 Å². The summed E-state index contributed by atoms with van der Waals surface area (Å²) in [6, 6.07) is 11.4. The number of benzene rings is 1. The molecule has 0 amide bonds. The van der Waals surface area contributed by atoms with Crippen molar-refractivity contribution in [1.82, 2.24) is 9.55 Å². The summed E-state index contributed by atoms with van der Waals surface area (Å²) in [5.74, 6) is 0.237. The maximum Gasteiger partial charge on any atom is 0.255 e. The van der Waals surface area contributed by atoms with Gasteiger partial charge in [0.25, 0.3) is 5.56 Å². The zero-order valence-corrected chi connectivity index (χ0v) is 11.3. The van der Waals surface area contributed by atoms with Crippen LogP contribution in [-0.4, -0.2) is 21.3 Å². The molecule has 0 unspecified atom stereocenters. The van der Waals surface area contributed by atoms with Crippen LogP contribution in [-0.2, 0) is 13.0 Å². The van der Waals surface area contributed by atoms with E-state index >= 15 is 0 Å². The Morgan fingerprint density at radius 1 is 1.20 bits per heavy atom. The molecule has 0 bridgehead atoms. The molecule has 5 heteroatoms. The first-order chi connectivity index (χ1) is 9.70. The van der Waals surface area contributed by atoms with E-state index in [1.165, 1.54) is 10.6 Å². The number of rotatable bonds is 6. The zero-order valence-electron chi connectivity index (χ0n) is 11.3. The van der Waals surface area contributed by atoms with Crippen molar-refractivity contribution in [2.75, 3.05) is 12.3 Å². The average molecular weight is 273 g/mol. The Balaban J connectivity index is 2.15. The summed E-state index contributed by atoms with van der Waals surface area (Å²) >= 11 is 0. The molecule has 0 fully saturated rings. The van der Waals surface area contributed by atoms with E-state index in [-0.39, 0.29) is 18.1 Å². The minimum atomic E-state index is -0.138. The second-order valence-electron chi connectivity index (χ2n) is 4.69. The summed E-state index contributed by atoms with van der Waals surface area (Å²) in [6.07, 6.45) is 1.95. The normalized spacial score (nSPS) is 10.7. The molecule has 2 aromatic rings. The third-order valence-electron chi connectivity index (χ3n) is 3.11. The first-order valence-electron chi connectivity index (χ1n) is 6.71. The van der Waals surface area contributed by atoms with Crippen LogP contribution in [0.5, 0.6) is 0 Å². The van der Waals surface area contributed by atoms with Gasteiger partial charge < -0.3 is 10.8 Å². The van der Waals surface area contributed by atoms with Gasteiger partial charge in [-0.1, -0.05) is 30.3 Å². The number of nitrogens with two attached hydrogens (primary N) is 1. The Hall–Kier alpha value is -2.14. The summed E-state index contributed by atoms with van der Waals surface area (Å²) in [5.41, 5.74) is 7.48. The number of aromatic nitrogens is 2.